The maximum absolute atomic E-state index is 12.4. The third-order valence-electron chi connectivity index (χ3n) is 4.57. The van der Waals surface area contributed by atoms with E-state index in [2.05, 4.69) is 19.2 Å². The molecular formula is C15H26N2O. The highest BCUT2D eigenvalue weighted by atomic mass is 16.2. The molecule has 0 aromatic rings. The number of hydrogen-bond acceptors (Lipinski definition) is 2. The van der Waals surface area contributed by atoms with Gasteiger partial charge in [0.2, 0.25) is 0 Å². The summed E-state index contributed by atoms with van der Waals surface area (Å²) in [6, 6.07) is 0. The van der Waals surface area contributed by atoms with Crippen LogP contribution in [0, 0.1) is 5.92 Å². The second-order valence-electron chi connectivity index (χ2n) is 5.73. The van der Waals surface area contributed by atoms with E-state index in [-0.39, 0.29) is 5.91 Å². The fraction of sp³-hybridized carbons (Fsp3) is 0.867. The predicted molar refractivity (Wildman–Crippen MR) is 74.7 cm³/mol. The Labute approximate surface area is 110 Å². The Balaban J connectivity index is 2.14. The van der Waals surface area contributed by atoms with Gasteiger partial charge in [-0.3, -0.25) is 9.79 Å². The molecule has 0 spiro atoms. The van der Waals surface area contributed by atoms with Crippen LogP contribution in [0.3, 0.4) is 0 Å². The van der Waals surface area contributed by atoms with Gasteiger partial charge < -0.3 is 5.32 Å². The molecule has 1 saturated carbocycles. The second-order valence-corrected chi connectivity index (χ2v) is 5.73. The first kappa shape index (κ1) is 13.6. The van der Waals surface area contributed by atoms with E-state index in [1.165, 1.54) is 32.1 Å². The van der Waals surface area contributed by atoms with Crippen LogP contribution in [-0.4, -0.2) is 17.3 Å². The zero-order valence-electron chi connectivity index (χ0n) is 11.8. The summed E-state index contributed by atoms with van der Waals surface area (Å²) in [6.07, 6.45) is 10.2. The van der Waals surface area contributed by atoms with E-state index in [0.717, 1.165) is 31.5 Å². The first-order valence-corrected chi connectivity index (χ1v) is 7.63. The average molecular weight is 250 g/mol. The van der Waals surface area contributed by atoms with E-state index in [4.69, 9.17) is 4.99 Å². The molecule has 1 amide bonds. The summed E-state index contributed by atoms with van der Waals surface area (Å²) < 4.78 is 0. The molecule has 1 heterocycles. The molecule has 0 aromatic carbocycles. The average Bonchev–Trinajstić information content (AvgIpc) is 2.75. The van der Waals surface area contributed by atoms with Crippen LogP contribution < -0.4 is 5.32 Å². The number of hydrogen-bond donors (Lipinski definition) is 1. The number of rotatable bonds is 5. The first-order valence-electron chi connectivity index (χ1n) is 7.63. The lowest BCUT2D eigenvalue weighted by atomic mass is 9.73. The van der Waals surface area contributed by atoms with Gasteiger partial charge in [0.05, 0.1) is 0 Å². The fourth-order valence-corrected chi connectivity index (χ4v) is 3.41. The van der Waals surface area contributed by atoms with Crippen molar-refractivity contribution in [3.8, 4) is 0 Å². The number of amidine groups is 1. The van der Waals surface area contributed by atoms with E-state index in [0.29, 0.717) is 5.92 Å². The minimum Gasteiger partial charge on any atom is -0.312 e. The summed E-state index contributed by atoms with van der Waals surface area (Å²) in [5, 5.41) is 3.04. The third-order valence-corrected chi connectivity index (χ3v) is 4.57. The summed E-state index contributed by atoms with van der Waals surface area (Å²) in [6.45, 7) is 4.28. The number of nitrogens with one attached hydrogen (secondary N) is 1. The van der Waals surface area contributed by atoms with Gasteiger partial charge in [0.25, 0.3) is 5.91 Å². The molecule has 102 valence electrons. The Kier molecular flexibility index (Phi) is 4.41. The van der Waals surface area contributed by atoms with Crippen LogP contribution in [0.5, 0.6) is 0 Å². The van der Waals surface area contributed by atoms with Gasteiger partial charge >= 0.3 is 0 Å². The highest BCUT2D eigenvalue weighted by molar-refractivity contribution is 6.08. The molecule has 1 unspecified atom stereocenters. The molecule has 1 fully saturated rings. The van der Waals surface area contributed by atoms with Crippen molar-refractivity contribution in [3.05, 3.63) is 0 Å². The highest BCUT2D eigenvalue weighted by Gasteiger charge is 2.47. The van der Waals surface area contributed by atoms with E-state index in [9.17, 15) is 4.79 Å². The fourth-order valence-electron chi connectivity index (χ4n) is 3.41. The molecule has 1 aliphatic carbocycles. The molecule has 1 aliphatic heterocycles. The number of carbonyl (C=O) groups is 1. The zero-order valence-corrected chi connectivity index (χ0v) is 11.8. The van der Waals surface area contributed by atoms with Crippen LogP contribution in [0.4, 0.5) is 0 Å². The molecule has 3 nitrogen and oxygen atoms in total. The molecule has 1 atom stereocenters. The van der Waals surface area contributed by atoms with Crippen molar-refractivity contribution < 1.29 is 4.79 Å². The van der Waals surface area contributed by atoms with Gasteiger partial charge in [-0.25, -0.2) is 0 Å². The predicted octanol–water partition coefficient (Wildman–Crippen LogP) is 3.43. The Morgan fingerprint density at radius 2 is 2.00 bits per heavy atom. The highest BCUT2D eigenvalue weighted by Crippen LogP contribution is 2.39. The lowest BCUT2D eigenvalue weighted by Crippen LogP contribution is -2.46. The Morgan fingerprint density at radius 3 is 2.61 bits per heavy atom. The number of unbranched alkanes of at least 4 members (excludes halogenated alkanes) is 1. The molecule has 18 heavy (non-hydrogen) atoms. The van der Waals surface area contributed by atoms with Crippen molar-refractivity contribution in [3.63, 3.8) is 0 Å². The van der Waals surface area contributed by atoms with Crippen molar-refractivity contribution in [1.29, 1.82) is 0 Å². The van der Waals surface area contributed by atoms with Gasteiger partial charge in [0.1, 0.15) is 11.4 Å². The third kappa shape index (κ3) is 2.45. The lowest BCUT2D eigenvalue weighted by molar-refractivity contribution is -0.126. The molecule has 2 rings (SSSR count). The van der Waals surface area contributed by atoms with Crippen LogP contribution in [0.1, 0.15) is 71.6 Å². The van der Waals surface area contributed by atoms with Crippen molar-refractivity contribution in [2.24, 2.45) is 10.9 Å². The van der Waals surface area contributed by atoms with Crippen LogP contribution in [0.25, 0.3) is 0 Å². The van der Waals surface area contributed by atoms with Gasteiger partial charge in [-0.1, -0.05) is 39.5 Å². The summed E-state index contributed by atoms with van der Waals surface area (Å²) in [5.41, 5.74) is -0.427. The van der Waals surface area contributed by atoms with E-state index < -0.39 is 5.54 Å². The maximum Gasteiger partial charge on any atom is 0.253 e. The van der Waals surface area contributed by atoms with Gasteiger partial charge in [-0.15, -0.1) is 0 Å². The summed E-state index contributed by atoms with van der Waals surface area (Å²) in [5.74, 6) is 1.58. The van der Waals surface area contributed by atoms with Crippen molar-refractivity contribution in [2.75, 3.05) is 0 Å². The van der Waals surface area contributed by atoms with E-state index in [1.54, 1.807) is 0 Å². The summed E-state index contributed by atoms with van der Waals surface area (Å²) >= 11 is 0. The molecular weight excluding hydrogens is 224 g/mol. The minimum atomic E-state index is -0.427. The lowest BCUT2D eigenvalue weighted by Gasteiger charge is -2.34. The quantitative estimate of drug-likeness (QED) is 0.798. The van der Waals surface area contributed by atoms with E-state index >= 15 is 0 Å². The molecule has 2 aliphatic rings. The number of carbonyl (C=O) groups excluding carboxylic acids is 1. The van der Waals surface area contributed by atoms with Gasteiger partial charge in [0, 0.05) is 6.42 Å². The molecule has 0 bridgehead atoms. The Morgan fingerprint density at radius 1 is 1.28 bits per heavy atom. The van der Waals surface area contributed by atoms with Gasteiger partial charge in [-0.05, 0) is 31.6 Å². The SMILES string of the molecule is CCCCC1=NC(CC)(C2CCCCC2)C(=O)N1. The number of aliphatic imine (C=N–C) groups is 1. The minimum absolute atomic E-state index is 0.169. The standard InChI is InChI=1S/C15H26N2O/c1-3-5-11-13-16-14(18)15(4-2,17-13)12-9-7-6-8-10-12/h12H,3-11H2,1-2H3,(H,16,17,18). The van der Waals surface area contributed by atoms with Crippen LogP contribution >= 0.6 is 0 Å². The summed E-state index contributed by atoms with van der Waals surface area (Å²) in [7, 11) is 0. The normalized spacial score (nSPS) is 29.2. The smallest absolute Gasteiger partial charge is 0.253 e. The Bertz CT molecular complexity index is 331. The maximum atomic E-state index is 12.4. The monoisotopic (exact) mass is 250 g/mol. The molecule has 3 heteroatoms. The second kappa shape index (κ2) is 5.85. The van der Waals surface area contributed by atoms with Crippen LogP contribution in [-0.2, 0) is 4.79 Å². The molecule has 0 radical (unpaired) electrons. The zero-order chi connectivity index (χ0) is 13.0. The van der Waals surface area contributed by atoms with Crippen molar-refractivity contribution in [2.45, 2.75) is 77.2 Å². The van der Waals surface area contributed by atoms with Gasteiger partial charge in [-0.2, -0.15) is 0 Å². The number of nitrogens with zero attached hydrogens (tertiary/aromatic N) is 1. The molecule has 0 aromatic heterocycles. The Hall–Kier alpha value is -0.860. The molecule has 1 N–H and O–H groups in total. The number of amides is 1. The van der Waals surface area contributed by atoms with Crippen molar-refractivity contribution in [1.82, 2.24) is 5.32 Å². The van der Waals surface area contributed by atoms with Crippen LogP contribution in [0.15, 0.2) is 4.99 Å². The first-order chi connectivity index (χ1) is 8.73. The summed E-state index contributed by atoms with van der Waals surface area (Å²) in [4.78, 5) is 17.2. The van der Waals surface area contributed by atoms with E-state index in [1.807, 2.05) is 0 Å². The van der Waals surface area contributed by atoms with Gasteiger partial charge in [0.15, 0.2) is 0 Å². The van der Waals surface area contributed by atoms with Crippen LogP contribution in [0.2, 0.25) is 0 Å². The molecule has 0 saturated heterocycles. The topological polar surface area (TPSA) is 41.5 Å². The van der Waals surface area contributed by atoms with Crippen molar-refractivity contribution >= 4 is 11.7 Å². The largest absolute Gasteiger partial charge is 0.312 e.